The summed E-state index contributed by atoms with van der Waals surface area (Å²) in [4.78, 5) is 11.4. The summed E-state index contributed by atoms with van der Waals surface area (Å²) in [6, 6.07) is 0. The Bertz CT molecular complexity index is 295. The Morgan fingerprint density at radius 2 is 2.06 bits per heavy atom. The molecule has 1 aliphatic heterocycles. The molecular weight excluding hydrogens is 218 g/mol. The Balaban J connectivity index is 1.96. The second kappa shape index (κ2) is 4.58. The number of ether oxygens (including phenoxy) is 2. The molecule has 1 unspecified atom stereocenters. The van der Waals surface area contributed by atoms with Crippen molar-refractivity contribution in [3.8, 4) is 0 Å². The van der Waals surface area contributed by atoms with Crippen LogP contribution in [0.1, 0.15) is 46.0 Å². The molecule has 0 aromatic heterocycles. The van der Waals surface area contributed by atoms with Crippen molar-refractivity contribution in [2.24, 2.45) is 17.1 Å². The molecule has 2 rings (SSSR count). The van der Waals surface area contributed by atoms with Crippen molar-refractivity contribution < 1.29 is 14.3 Å². The van der Waals surface area contributed by atoms with Crippen LogP contribution in [0.25, 0.3) is 0 Å². The van der Waals surface area contributed by atoms with Crippen LogP contribution < -0.4 is 5.73 Å². The molecule has 1 spiro atoms. The second-order valence-electron chi connectivity index (χ2n) is 6.02. The summed E-state index contributed by atoms with van der Waals surface area (Å²) in [6.45, 7) is 5.25. The molecule has 2 aliphatic rings. The van der Waals surface area contributed by atoms with Crippen LogP contribution in [0, 0.1) is 11.3 Å². The average Bonchev–Trinajstić information content (AvgIpc) is 2.65. The van der Waals surface area contributed by atoms with E-state index in [9.17, 15) is 4.79 Å². The van der Waals surface area contributed by atoms with Crippen molar-refractivity contribution in [3.05, 3.63) is 0 Å². The molecule has 1 amide bonds. The predicted octanol–water partition coefficient (Wildman–Crippen LogP) is 1.82. The normalized spacial score (nSPS) is 28.5. The zero-order chi connectivity index (χ0) is 12.5. The minimum Gasteiger partial charge on any atom is -0.369 e. The van der Waals surface area contributed by atoms with Gasteiger partial charge in [0.25, 0.3) is 0 Å². The molecule has 0 bridgehead atoms. The van der Waals surface area contributed by atoms with Gasteiger partial charge >= 0.3 is 0 Å². The lowest BCUT2D eigenvalue weighted by Gasteiger charge is -2.38. The average molecular weight is 241 g/mol. The van der Waals surface area contributed by atoms with Crippen LogP contribution in [0.15, 0.2) is 0 Å². The SMILES string of the molecule is CC(C)(CC1CCCC2(C1)OCCO2)C(N)=O. The maximum absolute atomic E-state index is 11.4. The van der Waals surface area contributed by atoms with Gasteiger partial charge in [-0.15, -0.1) is 0 Å². The van der Waals surface area contributed by atoms with Crippen LogP contribution in [0.2, 0.25) is 0 Å². The van der Waals surface area contributed by atoms with Crippen molar-refractivity contribution >= 4 is 5.91 Å². The third-order valence-corrected chi connectivity index (χ3v) is 4.05. The quantitative estimate of drug-likeness (QED) is 0.820. The van der Waals surface area contributed by atoms with E-state index in [0.29, 0.717) is 19.1 Å². The van der Waals surface area contributed by atoms with E-state index in [1.54, 1.807) is 0 Å². The molecule has 4 heteroatoms. The van der Waals surface area contributed by atoms with Crippen molar-refractivity contribution in [2.45, 2.75) is 51.7 Å². The molecule has 17 heavy (non-hydrogen) atoms. The number of amides is 1. The number of hydrogen-bond acceptors (Lipinski definition) is 3. The van der Waals surface area contributed by atoms with E-state index >= 15 is 0 Å². The minimum atomic E-state index is -0.429. The minimum absolute atomic E-state index is 0.217. The summed E-state index contributed by atoms with van der Waals surface area (Å²) >= 11 is 0. The van der Waals surface area contributed by atoms with Gasteiger partial charge in [-0.05, 0) is 18.8 Å². The zero-order valence-corrected chi connectivity index (χ0v) is 10.8. The monoisotopic (exact) mass is 241 g/mol. The van der Waals surface area contributed by atoms with Crippen molar-refractivity contribution in [1.29, 1.82) is 0 Å². The fourth-order valence-electron chi connectivity index (χ4n) is 3.06. The Morgan fingerprint density at radius 3 is 2.65 bits per heavy atom. The summed E-state index contributed by atoms with van der Waals surface area (Å²) in [5, 5.41) is 0. The third kappa shape index (κ3) is 2.80. The molecule has 1 saturated heterocycles. The van der Waals surface area contributed by atoms with Crippen LogP contribution >= 0.6 is 0 Å². The first-order chi connectivity index (χ1) is 7.94. The van der Waals surface area contributed by atoms with E-state index in [0.717, 1.165) is 32.1 Å². The highest BCUT2D eigenvalue weighted by atomic mass is 16.7. The number of primary amides is 1. The fourth-order valence-corrected chi connectivity index (χ4v) is 3.06. The molecular formula is C13H23NO3. The Kier molecular flexibility index (Phi) is 3.46. The first kappa shape index (κ1) is 12.8. The lowest BCUT2D eigenvalue weighted by molar-refractivity contribution is -0.189. The van der Waals surface area contributed by atoms with Gasteiger partial charge in [0.15, 0.2) is 5.79 Å². The number of carbonyl (C=O) groups excluding carboxylic acids is 1. The number of rotatable bonds is 3. The molecule has 0 aromatic rings. The summed E-state index contributed by atoms with van der Waals surface area (Å²) in [5.74, 6) is -0.0915. The van der Waals surface area contributed by atoms with E-state index in [1.807, 2.05) is 13.8 Å². The summed E-state index contributed by atoms with van der Waals surface area (Å²) < 4.78 is 11.5. The van der Waals surface area contributed by atoms with Crippen LogP contribution in [-0.2, 0) is 14.3 Å². The van der Waals surface area contributed by atoms with Crippen molar-refractivity contribution in [2.75, 3.05) is 13.2 Å². The van der Waals surface area contributed by atoms with E-state index in [2.05, 4.69) is 0 Å². The van der Waals surface area contributed by atoms with Gasteiger partial charge in [-0.3, -0.25) is 4.79 Å². The molecule has 4 nitrogen and oxygen atoms in total. The van der Waals surface area contributed by atoms with Crippen LogP contribution in [0.5, 0.6) is 0 Å². The first-order valence-electron chi connectivity index (χ1n) is 6.51. The third-order valence-electron chi connectivity index (χ3n) is 4.05. The van der Waals surface area contributed by atoms with Crippen LogP contribution in [-0.4, -0.2) is 24.9 Å². The Morgan fingerprint density at radius 1 is 1.41 bits per heavy atom. The summed E-state index contributed by atoms with van der Waals surface area (Å²) in [5.41, 5.74) is 5.00. The van der Waals surface area contributed by atoms with Crippen LogP contribution in [0.4, 0.5) is 0 Å². The molecule has 1 heterocycles. The Hall–Kier alpha value is -0.610. The highest BCUT2D eigenvalue weighted by molar-refractivity contribution is 5.79. The lowest BCUT2D eigenvalue weighted by atomic mass is 9.74. The highest BCUT2D eigenvalue weighted by Gasteiger charge is 2.43. The second-order valence-corrected chi connectivity index (χ2v) is 6.02. The van der Waals surface area contributed by atoms with Gasteiger partial charge < -0.3 is 15.2 Å². The standard InChI is InChI=1S/C13H23NO3/c1-12(2,11(14)15)8-10-4-3-5-13(9-10)16-6-7-17-13/h10H,3-9H2,1-2H3,(H2,14,15). The van der Waals surface area contributed by atoms with Gasteiger partial charge in [0.2, 0.25) is 5.91 Å². The molecule has 0 radical (unpaired) electrons. The van der Waals surface area contributed by atoms with Gasteiger partial charge in [-0.25, -0.2) is 0 Å². The number of carbonyl (C=O) groups is 1. The fraction of sp³-hybridized carbons (Fsp3) is 0.923. The van der Waals surface area contributed by atoms with Crippen molar-refractivity contribution in [3.63, 3.8) is 0 Å². The van der Waals surface area contributed by atoms with Crippen LogP contribution in [0.3, 0.4) is 0 Å². The van der Waals surface area contributed by atoms with Gasteiger partial charge in [-0.1, -0.05) is 20.3 Å². The molecule has 1 saturated carbocycles. The molecule has 98 valence electrons. The van der Waals surface area contributed by atoms with Gasteiger partial charge in [0.05, 0.1) is 13.2 Å². The number of hydrogen-bond donors (Lipinski definition) is 1. The first-order valence-corrected chi connectivity index (χ1v) is 6.51. The smallest absolute Gasteiger partial charge is 0.223 e. The molecule has 2 fully saturated rings. The van der Waals surface area contributed by atoms with E-state index < -0.39 is 5.41 Å². The molecule has 0 aromatic carbocycles. The largest absolute Gasteiger partial charge is 0.369 e. The number of nitrogens with two attached hydrogens (primary N) is 1. The van der Waals surface area contributed by atoms with E-state index in [1.165, 1.54) is 0 Å². The van der Waals surface area contributed by atoms with Crippen molar-refractivity contribution in [1.82, 2.24) is 0 Å². The van der Waals surface area contributed by atoms with E-state index in [-0.39, 0.29) is 11.7 Å². The Labute approximate surface area is 103 Å². The predicted molar refractivity (Wildman–Crippen MR) is 64.2 cm³/mol. The topological polar surface area (TPSA) is 61.6 Å². The lowest BCUT2D eigenvalue weighted by Crippen LogP contribution is -2.40. The van der Waals surface area contributed by atoms with E-state index in [4.69, 9.17) is 15.2 Å². The maximum atomic E-state index is 11.4. The van der Waals surface area contributed by atoms with Gasteiger partial charge in [-0.2, -0.15) is 0 Å². The molecule has 1 aliphatic carbocycles. The van der Waals surface area contributed by atoms with Gasteiger partial charge in [0, 0.05) is 18.3 Å². The molecule has 2 N–H and O–H groups in total. The highest BCUT2D eigenvalue weighted by Crippen LogP contribution is 2.42. The molecule has 1 atom stereocenters. The maximum Gasteiger partial charge on any atom is 0.223 e. The summed E-state index contributed by atoms with van der Waals surface area (Å²) in [7, 11) is 0. The zero-order valence-electron chi connectivity index (χ0n) is 10.8. The summed E-state index contributed by atoms with van der Waals surface area (Å²) in [6.07, 6.45) is 4.98. The van der Waals surface area contributed by atoms with Gasteiger partial charge in [0.1, 0.15) is 0 Å².